The number of fused-ring (bicyclic) bond motifs is 1. The first-order chi connectivity index (χ1) is 9.11. The molecule has 1 aliphatic rings. The molecular formula is C12H14N2O5. The predicted molar refractivity (Wildman–Crippen MR) is 66.0 cm³/mol. The molecule has 102 valence electrons. The maximum absolute atomic E-state index is 11.8. The van der Waals surface area contributed by atoms with Gasteiger partial charge in [-0.05, 0) is 12.1 Å². The number of carboxylic acids is 1. The van der Waals surface area contributed by atoms with E-state index in [9.17, 15) is 9.59 Å². The molecule has 1 heterocycles. The Hall–Kier alpha value is -2.28. The van der Waals surface area contributed by atoms with E-state index in [1.807, 2.05) is 12.1 Å². The summed E-state index contributed by atoms with van der Waals surface area (Å²) in [7, 11) is 0. The van der Waals surface area contributed by atoms with Crippen LogP contribution in [0.5, 0.6) is 5.75 Å². The lowest BCUT2D eigenvalue weighted by molar-refractivity contribution is -0.144. The third kappa shape index (κ3) is 2.94. The van der Waals surface area contributed by atoms with Crippen LogP contribution in [0.3, 0.4) is 0 Å². The second-order valence-electron chi connectivity index (χ2n) is 4.07. The molecule has 0 saturated heterocycles. The molecule has 7 nitrogen and oxygen atoms in total. The third-order valence-electron chi connectivity index (χ3n) is 2.72. The minimum atomic E-state index is -1.33. The highest BCUT2D eigenvalue weighted by atomic mass is 16.5. The number of carboxylic acid groups (broad SMARTS) is 1. The maximum Gasteiger partial charge on any atom is 0.328 e. The van der Waals surface area contributed by atoms with Gasteiger partial charge in [0.15, 0.2) is 6.10 Å². The zero-order valence-electron chi connectivity index (χ0n) is 10.00. The van der Waals surface area contributed by atoms with Crippen molar-refractivity contribution in [3.8, 4) is 5.75 Å². The van der Waals surface area contributed by atoms with Gasteiger partial charge in [0.1, 0.15) is 11.8 Å². The van der Waals surface area contributed by atoms with E-state index in [2.05, 4.69) is 10.6 Å². The molecule has 0 radical (unpaired) electrons. The van der Waals surface area contributed by atoms with E-state index in [1.165, 1.54) is 0 Å². The van der Waals surface area contributed by atoms with Gasteiger partial charge in [0.2, 0.25) is 0 Å². The average Bonchev–Trinajstić information content (AvgIpc) is 2.43. The van der Waals surface area contributed by atoms with Crippen molar-refractivity contribution in [2.24, 2.45) is 0 Å². The van der Waals surface area contributed by atoms with E-state index >= 15 is 0 Å². The van der Waals surface area contributed by atoms with Crippen LogP contribution in [0.1, 0.15) is 0 Å². The van der Waals surface area contributed by atoms with E-state index in [0.717, 1.165) is 5.69 Å². The number of hydrogen-bond acceptors (Lipinski definition) is 5. The maximum atomic E-state index is 11.8. The average molecular weight is 266 g/mol. The molecule has 7 heteroatoms. The molecule has 0 saturated carbocycles. The standard InChI is InChI=1S/C12H14N2O5/c15-6-8(12(17)18)14-11(16)10-5-13-7-3-1-2-4-9(7)19-10/h1-4,8,10,13,15H,5-6H2,(H,14,16)(H,17,18). The Morgan fingerprint density at radius 1 is 1.47 bits per heavy atom. The minimum absolute atomic E-state index is 0.237. The predicted octanol–water partition coefficient (Wildman–Crippen LogP) is -0.579. The van der Waals surface area contributed by atoms with Crippen molar-refractivity contribution in [2.75, 3.05) is 18.5 Å². The number of rotatable bonds is 4. The molecular weight excluding hydrogens is 252 g/mol. The molecule has 2 rings (SSSR count). The minimum Gasteiger partial charge on any atom is -0.480 e. The Morgan fingerprint density at radius 3 is 2.89 bits per heavy atom. The molecule has 0 aliphatic carbocycles. The first kappa shape index (κ1) is 13.2. The molecule has 1 aromatic carbocycles. The number of anilines is 1. The summed E-state index contributed by atoms with van der Waals surface area (Å²) < 4.78 is 5.47. The fourth-order valence-corrected chi connectivity index (χ4v) is 1.71. The molecule has 0 fully saturated rings. The Bertz CT molecular complexity index is 491. The number of carbonyl (C=O) groups excluding carboxylic acids is 1. The summed E-state index contributed by atoms with van der Waals surface area (Å²) >= 11 is 0. The number of nitrogens with one attached hydrogen (secondary N) is 2. The number of aliphatic hydroxyl groups is 1. The summed E-state index contributed by atoms with van der Waals surface area (Å²) in [5.41, 5.74) is 0.781. The summed E-state index contributed by atoms with van der Waals surface area (Å²) in [6.45, 7) is -0.432. The van der Waals surface area contributed by atoms with Crippen LogP contribution in [0.15, 0.2) is 24.3 Å². The largest absolute Gasteiger partial charge is 0.480 e. The van der Waals surface area contributed by atoms with Crippen molar-refractivity contribution >= 4 is 17.6 Å². The fourth-order valence-electron chi connectivity index (χ4n) is 1.71. The molecule has 4 N–H and O–H groups in total. The number of aliphatic hydroxyl groups excluding tert-OH is 1. The number of aliphatic carboxylic acids is 1. The van der Waals surface area contributed by atoms with E-state index in [1.54, 1.807) is 12.1 Å². The van der Waals surface area contributed by atoms with Crippen LogP contribution < -0.4 is 15.4 Å². The van der Waals surface area contributed by atoms with E-state index in [-0.39, 0.29) is 6.54 Å². The quantitative estimate of drug-likeness (QED) is 0.581. The molecule has 0 spiro atoms. The topological polar surface area (TPSA) is 108 Å². The highest BCUT2D eigenvalue weighted by Crippen LogP contribution is 2.28. The lowest BCUT2D eigenvalue weighted by Crippen LogP contribution is -2.51. The van der Waals surface area contributed by atoms with Gasteiger partial charge in [-0.3, -0.25) is 4.79 Å². The van der Waals surface area contributed by atoms with Gasteiger partial charge >= 0.3 is 5.97 Å². The monoisotopic (exact) mass is 266 g/mol. The van der Waals surface area contributed by atoms with Crippen molar-refractivity contribution in [3.63, 3.8) is 0 Å². The summed E-state index contributed by atoms with van der Waals surface area (Å²) in [6, 6.07) is 5.81. The molecule has 19 heavy (non-hydrogen) atoms. The second-order valence-corrected chi connectivity index (χ2v) is 4.07. The number of amides is 1. The van der Waals surface area contributed by atoms with Crippen LogP contribution in [-0.2, 0) is 9.59 Å². The molecule has 1 aromatic rings. The van der Waals surface area contributed by atoms with Crippen LogP contribution in [0.25, 0.3) is 0 Å². The third-order valence-corrected chi connectivity index (χ3v) is 2.72. The number of benzene rings is 1. The lowest BCUT2D eigenvalue weighted by Gasteiger charge is -2.27. The van der Waals surface area contributed by atoms with Crippen molar-refractivity contribution in [1.29, 1.82) is 0 Å². The summed E-state index contributed by atoms with van der Waals surface area (Å²) in [4.78, 5) is 22.5. The van der Waals surface area contributed by atoms with Gasteiger partial charge in [0.25, 0.3) is 5.91 Å². The van der Waals surface area contributed by atoms with Gasteiger partial charge in [-0.15, -0.1) is 0 Å². The number of ether oxygens (including phenoxy) is 1. The lowest BCUT2D eigenvalue weighted by atomic mass is 10.2. The van der Waals surface area contributed by atoms with Crippen LogP contribution >= 0.6 is 0 Å². The Morgan fingerprint density at radius 2 is 2.21 bits per heavy atom. The molecule has 1 aliphatic heterocycles. The second kappa shape index (κ2) is 5.57. The molecule has 1 amide bonds. The first-order valence-corrected chi connectivity index (χ1v) is 5.75. The zero-order chi connectivity index (χ0) is 13.8. The molecule has 2 atom stereocenters. The van der Waals surface area contributed by atoms with Gasteiger partial charge in [-0.25, -0.2) is 4.79 Å². The van der Waals surface area contributed by atoms with Crippen LogP contribution in [0.4, 0.5) is 5.69 Å². The molecule has 2 unspecified atom stereocenters. The Balaban J connectivity index is 2.01. The number of hydrogen-bond donors (Lipinski definition) is 4. The van der Waals surface area contributed by atoms with Gasteiger partial charge in [-0.2, -0.15) is 0 Å². The van der Waals surface area contributed by atoms with E-state index < -0.39 is 30.6 Å². The van der Waals surface area contributed by atoms with Crippen molar-refractivity contribution < 1.29 is 24.5 Å². The van der Waals surface area contributed by atoms with Crippen molar-refractivity contribution in [2.45, 2.75) is 12.1 Å². The van der Waals surface area contributed by atoms with Gasteiger partial charge in [0.05, 0.1) is 18.8 Å². The normalized spacial score (nSPS) is 18.5. The zero-order valence-corrected chi connectivity index (χ0v) is 10.00. The summed E-state index contributed by atoms with van der Waals surface area (Å²) in [5, 5.41) is 22.8. The molecule has 0 bridgehead atoms. The smallest absolute Gasteiger partial charge is 0.328 e. The van der Waals surface area contributed by atoms with Gasteiger partial charge < -0.3 is 25.6 Å². The van der Waals surface area contributed by atoms with Gasteiger partial charge in [-0.1, -0.05) is 12.1 Å². The highest BCUT2D eigenvalue weighted by molar-refractivity contribution is 5.87. The summed E-state index contributed by atoms with van der Waals surface area (Å²) in [5.74, 6) is -1.34. The fraction of sp³-hybridized carbons (Fsp3) is 0.333. The number of carbonyl (C=O) groups is 2. The number of para-hydroxylation sites is 2. The Labute approximate surface area is 109 Å². The van der Waals surface area contributed by atoms with Crippen LogP contribution in [-0.4, -0.2) is 47.4 Å². The molecule has 0 aromatic heterocycles. The van der Waals surface area contributed by atoms with Gasteiger partial charge in [0, 0.05) is 0 Å². The highest BCUT2D eigenvalue weighted by Gasteiger charge is 2.29. The van der Waals surface area contributed by atoms with Crippen LogP contribution in [0.2, 0.25) is 0 Å². The van der Waals surface area contributed by atoms with Crippen molar-refractivity contribution in [1.82, 2.24) is 5.32 Å². The SMILES string of the molecule is O=C(O)C(CO)NC(=O)C1CNc2ccccc2O1. The van der Waals surface area contributed by atoms with E-state index in [4.69, 9.17) is 14.9 Å². The summed E-state index contributed by atoms with van der Waals surface area (Å²) in [6.07, 6.45) is -0.830. The first-order valence-electron chi connectivity index (χ1n) is 5.75. The van der Waals surface area contributed by atoms with Crippen molar-refractivity contribution in [3.05, 3.63) is 24.3 Å². The Kier molecular flexibility index (Phi) is 3.86. The van der Waals surface area contributed by atoms with Crippen LogP contribution in [0, 0.1) is 0 Å². The van der Waals surface area contributed by atoms with E-state index in [0.29, 0.717) is 5.75 Å².